The topological polar surface area (TPSA) is 50.1 Å². The number of nitriles is 1. The summed E-state index contributed by atoms with van der Waals surface area (Å²) in [6, 6.07) is 9.17. The van der Waals surface area contributed by atoms with Gasteiger partial charge >= 0.3 is 5.97 Å². The molecule has 0 N–H and O–H groups in total. The van der Waals surface area contributed by atoms with E-state index >= 15 is 0 Å². The molecule has 0 aromatic heterocycles. The summed E-state index contributed by atoms with van der Waals surface area (Å²) in [5.74, 6) is -0.372. The van der Waals surface area contributed by atoms with Crippen molar-refractivity contribution in [1.29, 1.82) is 5.26 Å². The van der Waals surface area contributed by atoms with E-state index in [0.717, 1.165) is 5.56 Å². The molecule has 3 nitrogen and oxygen atoms in total. The van der Waals surface area contributed by atoms with Crippen LogP contribution in [0.15, 0.2) is 24.3 Å². The van der Waals surface area contributed by atoms with Gasteiger partial charge in [0.25, 0.3) is 0 Å². The van der Waals surface area contributed by atoms with E-state index in [1.54, 1.807) is 12.1 Å². The van der Waals surface area contributed by atoms with Gasteiger partial charge in [-0.2, -0.15) is 5.26 Å². The van der Waals surface area contributed by atoms with Crippen LogP contribution in [0.2, 0.25) is 0 Å². The minimum absolute atomic E-state index is 0.289. The van der Waals surface area contributed by atoms with E-state index in [1.165, 1.54) is 7.11 Å². The average Bonchev–Trinajstić information content (AvgIpc) is 2.28. The van der Waals surface area contributed by atoms with Crippen molar-refractivity contribution in [2.75, 3.05) is 7.11 Å². The maximum Gasteiger partial charge on any atom is 0.338 e. The van der Waals surface area contributed by atoms with Crippen LogP contribution in [-0.2, 0) is 11.2 Å². The Kier molecular flexibility index (Phi) is 4.32. The van der Waals surface area contributed by atoms with Gasteiger partial charge in [0.05, 0.1) is 18.7 Å². The third-order valence-corrected chi connectivity index (χ3v) is 2.49. The Bertz CT molecular complexity index is 398. The van der Waals surface area contributed by atoms with Gasteiger partial charge in [0.1, 0.15) is 4.83 Å². The fourth-order valence-electron chi connectivity index (χ4n) is 1.25. The molecule has 0 spiro atoms. The van der Waals surface area contributed by atoms with Crippen LogP contribution in [-0.4, -0.2) is 17.9 Å². The first kappa shape index (κ1) is 11.7. The van der Waals surface area contributed by atoms with Crippen LogP contribution in [0.4, 0.5) is 0 Å². The number of rotatable bonds is 3. The van der Waals surface area contributed by atoms with Gasteiger partial charge in [-0.15, -0.1) is 0 Å². The number of carbonyl (C=O) groups excluding carboxylic acids is 1. The van der Waals surface area contributed by atoms with E-state index in [0.29, 0.717) is 12.0 Å². The predicted octanol–water partition coefficient (Wildman–Crippen LogP) is 2.30. The lowest BCUT2D eigenvalue weighted by Gasteiger charge is -2.07. The molecule has 4 heteroatoms. The number of nitrogens with zero attached hydrogens (tertiary/aromatic N) is 1. The monoisotopic (exact) mass is 267 g/mol. The Labute approximate surface area is 96.8 Å². The lowest BCUT2D eigenvalue weighted by atomic mass is 10.0. The summed E-state index contributed by atoms with van der Waals surface area (Å²) < 4.78 is 4.65. The normalized spacial score (nSPS) is 11.5. The fraction of sp³-hybridized carbons (Fsp3) is 0.273. The number of ether oxygens (including phenoxy) is 1. The van der Waals surface area contributed by atoms with E-state index in [2.05, 4.69) is 26.7 Å². The largest absolute Gasteiger partial charge is 0.465 e. The number of esters is 1. The molecular formula is C11H10BrNO2. The molecule has 1 unspecified atom stereocenters. The quantitative estimate of drug-likeness (QED) is 0.624. The van der Waals surface area contributed by atoms with Gasteiger partial charge in [-0.3, -0.25) is 0 Å². The molecule has 0 radical (unpaired) electrons. The van der Waals surface area contributed by atoms with E-state index in [-0.39, 0.29) is 10.8 Å². The van der Waals surface area contributed by atoms with Crippen LogP contribution >= 0.6 is 15.9 Å². The summed E-state index contributed by atoms with van der Waals surface area (Å²) in [6.45, 7) is 0. The molecule has 0 saturated carbocycles. The van der Waals surface area contributed by atoms with Gasteiger partial charge in [0.2, 0.25) is 0 Å². The van der Waals surface area contributed by atoms with Crippen molar-refractivity contribution in [2.45, 2.75) is 11.2 Å². The predicted molar refractivity (Wildman–Crippen MR) is 59.8 cm³/mol. The van der Waals surface area contributed by atoms with Crippen molar-refractivity contribution in [1.82, 2.24) is 0 Å². The molecule has 1 aromatic rings. The molecule has 0 heterocycles. The first-order chi connectivity index (χ1) is 7.19. The molecule has 0 bridgehead atoms. The number of benzene rings is 1. The van der Waals surface area contributed by atoms with Crippen LogP contribution in [0.1, 0.15) is 15.9 Å². The summed E-state index contributed by atoms with van der Waals surface area (Å²) >= 11 is 3.21. The van der Waals surface area contributed by atoms with Gasteiger partial charge in [-0.1, -0.05) is 34.1 Å². The zero-order valence-corrected chi connectivity index (χ0v) is 9.82. The van der Waals surface area contributed by atoms with Crippen LogP contribution < -0.4 is 0 Å². The Morgan fingerprint density at radius 3 is 2.87 bits per heavy atom. The van der Waals surface area contributed by atoms with E-state index < -0.39 is 0 Å². The second-order valence-electron chi connectivity index (χ2n) is 2.95. The average molecular weight is 268 g/mol. The molecule has 0 saturated heterocycles. The molecule has 15 heavy (non-hydrogen) atoms. The van der Waals surface area contributed by atoms with Gasteiger partial charge in [-0.25, -0.2) is 4.79 Å². The number of methoxy groups -OCH3 is 1. The lowest BCUT2D eigenvalue weighted by Crippen LogP contribution is -2.08. The zero-order chi connectivity index (χ0) is 11.3. The maximum absolute atomic E-state index is 11.4. The highest BCUT2D eigenvalue weighted by Crippen LogP contribution is 2.15. The molecular weight excluding hydrogens is 258 g/mol. The Balaban J connectivity index is 2.97. The number of carbonyl (C=O) groups is 1. The van der Waals surface area contributed by atoms with Gasteiger partial charge in [0, 0.05) is 0 Å². The number of hydrogen-bond acceptors (Lipinski definition) is 3. The summed E-state index contributed by atoms with van der Waals surface area (Å²) in [5, 5.41) is 8.67. The molecule has 0 aliphatic carbocycles. The van der Waals surface area contributed by atoms with Gasteiger partial charge in [0.15, 0.2) is 0 Å². The highest BCUT2D eigenvalue weighted by Gasteiger charge is 2.13. The Morgan fingerprint density at radius 1 is 1.60 bits per heavy atom. The minimum atomic E-state index is -0.372. The van der Waals surface area contributed by atoms with Gasteiger partial charge in [-0.05, 0) is 18.1 Å². The van der Waals surface area contributed by atoms with Crippen LogP contribution in [0.5, 0.6) is 0 Å². The number of halogens is 1. The smallest absolute Gasteiger partial charge is 0.338 e. The van der Waals surface area contributed by atoms with E-state index in [1.807, 2.05) is 12.1 Å². The maximum atomic E-state index is 11.4. The third kappa shape index (κ3) is 3.07. The third-order valence-electron chi connectivity index (χ3n) is 1.96. The van der Waals surface area contributed by atoms with E-state index in [9.17, 15) is 4.79 Å². The molecule has 1 aromatic carbocycles. The van der Waals surface area contributed by atoms with Crippen LogP contribution in [0.3, 0.4) is 0 Å². The summed E-state index contributed by atoms with van der Waals surface area (Å²) in [4.78, 5) is 11.1. The van der Waals surface area contributed by atoms with Crippen molar-refractivity contribution in [3.05, 3.63) is 35.4 Å². The molecule has 0 amide bonds. The first-order valence-electron chi connectivity index (χ1n) is 4.39. The van der Waals surface area contributed by atoms with Crippen molar-refractivity contribution in [3.8, 4) is 6.07 Å². The van der Waals surface area contributed by atoms with Crippen molar-refractivity contribution >= 4 is 21.9 Å². The van der Waals surface area contributed by atoms with Crippen molar-refractivity contribution in [3.63, 3.8) is 0 Å². The molecule has 1 atom stereocenters. The zero-order valence-electron chi connectivity index (χ0n) is 8.24. The van der Waals surface area contributed by atoms with Crippen molar-refractivity contribution < 1.29 is 9.53 Å². The van der Waals surface area contributed by atoms with Crippen LogP contribution in [0.25, 0.3) is 0 Å². The first-order valence-corrected chi connectivity index (χ1v) is 5.30. The molecule has 1 rings (SSSR count). The highest BCUT2D eigenvalue weighted by atomic mass is 79.9. The molecule has 0 aliphatic rings. The van der Waals surface area contributed by atoms with Crippen molar-refractivity contribution in [2.24, 2.45) is 0 Å². The summed E-state index contributed by atoms with van der Waals surface area (Å²) in [7, 11) is 1.34. The second-order valence-corrected chi connectivity index (χ2v) is 4.05. The van der Waals surface area contributed by atoms with Crippen LogP contribution in [0, 0.1) is 11.3 Å². The minimum Gasteiger partial charge on any atom is -0.465 e. The summed E-state index contributed by atoms with van der Waals surface area (Å²) in [6.07, 6.45) is 0.488. The number of alkyl halides is 1. The second kappa shape index (κ2) is 5.52. The lowest BCUT2D eigenvalue weighted by molar-refractivity contribution is 0.0599. The Morgan fingerprint density at radius 2 is 2.27 bits per heavy atom. The summed E-state index contributed by atoms with van der Waals surface area (Å²) in [5.41, 5.74) is 1.33. The standard InChI is InChI=1S/C11H10BrNO2/c1-15-11(14)10-5-3-2-4-8(10)6-9(12)7-13/h2-5,9H,6H2,1H3. The SMILES string of the molecule is COC(=O)c1ccccc1CC(Br)C#N. The fourth-order valence-corrected chi connectivity index (χ4v) is 1.59. The molecule has 78 valence electrons. The number of hydrogen-bond donors (Lipinski definition) is 0. The molecule has 0 aliphatic heterocycles. The molecule has 0 fully saturated rings. The highest BCUT2D eigenvalue weighted by molar-refractivity contribution is 9.09. The Hall–Kier alpha value is -1.34. The van der Waals surface area contributed by atoms with E-state index in [4.69, 9.17) is 5.26 Å². The van der Waals surface area contributed by atoms with Gasteiger partial charge < -0.3 is 4.74 Å².